The second-order valence-corrected chi connectivity index (χ2v) is 8.25. The summed E-state index contributed by atoms with van der Waals surface area (Å²) in [6.07, 6.45) is 2.49. The Morgan fingerprint density at radius 2 is 1.96 bits per heavy atom. The largest absolute Gasteiger partial charge is 0.487 e. The first-order valence-corrected chi connectivity index (χ1v) is 9.64. The summed E-state index contributed by atoms with van der Waals surface area (Å²) in [4.78, 5) is 17.8. The number of H-pyrrole nitrogens is 1. The van der Waals surface area contributed by atoms with E-state index in [2.05, 4.69) is 11.9 Å². The number of ether oxygens (including phenoxy) is 2. The van der Waals surface area contributed by atoms with Crippen molar-refractivity contribution in [1.82, 2.24) is 4.98 Å². The maximum atomic E-state index is 12.7. The van der Waals surface area contributed by atoms with Gasteiger partial charge in [0.1, 0.15) is 18.0 Å². The Morgan fingerprint density at radius 1 is 1.21 bits per heavy atom. The number of hydrogen-bond acceptors (Lipinski definition) is 3. The van der Waals surface area contributed by atoms with Gasteiger partial charge in [0, 0.05) is 24.2 Å². The summed E-state index contributed by atoms with van der Waals surface area (Å²) >= 11 is 0. The second-order valence-electron chi connectivity index (χ2n) is 8.25. The number of fused-ring (bicyclic) bond motifs is 3. The van der Waals surface area contributed by atoms with Crippen molar-refractivity contribution in [2.24, 2.45) is 0 Å². The van der Waals surface area contributed by atoms with Gasteiger partial charge in [-0.05, 0) is 50.8 Å². The quantitative estimate of drug-likeness (QED) is 0.668. The number of aryl methyl sites for hydroxylation is 1. The van der Waals surface area contributed by atoms with Crippen LogP contribution in [0.4, 0.5) is 10.5 Å². The Bertz CT molecular complexity index is 1020. The summed E-state index contributed by atoms with van der Waals surface area (Å²) in [5.41, 5.74) is 4.77. The number of benzene rings is 2. The molecule has 4 rings (SSSR count). The van der Waals surface area contributed by atoms with Crippen LogP contribution in [0.3, 0.4) is 0 Å². The Labute approximate surface area is 165 Å². The number of amides is 1. The minimum absolute atomic E-state index is 0.312. The normalized spacial score (nSPS) is 13.6. The van der Waals surface area contributed by atoms with Crippen LogP contribution in [-0.2, 0) is 17.8 Å². The molecule has 3 aromatic rings. The minimum atomic E-state index is -0.527. The van der Waals surface area contributed by atoms with Crippen LogP contribution in [0.5, 0.6) is 5.75 Å². The number of aromatic amines is 1. The number of hydrogen-bond donors (Lipinski definition) is 1. The van der Waals surface area contributed by atoms with E-state index in [9.17, 15) is 4.79 Å². The van der Waals surface area contributed by atoms with E-state index in [1.807, 2.05) is 63.4 Å². The fourth-order valence-electron chi connectivity index (χ4n) is 3.71. The lowest BCUT2D eigenvalue weighted by molar-refractivity contribution is 0.0584. The molecule has 0 unspecified atom stereocenters. The van der Waals surface area contributed by atoms with Crippen molar-refractivity contribution in [3.05, 3.63) is 59.3 Å². The van der Waals surface area contributed by atoms with E-state index in [0.717, 1.165) is 39.9 Å². The lowest BCUT2D eigenvalue weighted by atomic mass is 10.0. The van der Waals surface area contributed by atoms with Gasteiger partial charge in [0.25, 0.3) is 0 Å². The maximum Gasteiger partial charge on any atom is 0.414 e. The molecule has 1 aliphatic rings. The van der Waals surface area contributed by atoms with Gasteiger partial charge in [0.15, 0.2) is 0 Å². The van der Waals surface area contributed by atoms with E-state index in [1.165, 1.54) is 5.56 Å². The highest BCUT2D eigenvalue weighted by atomic mass is 16.6. The molecule has 5 heteroatoms. The second kappa shape index (κ2) is 6.89. The lowest BCUT2D eigenvalue weighted by Gasteiger charge is -2.25. The summed E-state index contributed by atoms with van der Waals surface area (Å²) in [5.74, 6) is 0.751. The first-order chi connectivity index (χ1) is 13.3. The van der Waals surface area contributed by atoms with Crippen molar-refractivity contribution >= 4 is 22.7 Å². The van der Waals surface area contributed by atoms with Crippen LogP contribution in [0.15, 0.2) is 42.6 Å². The van der Waals surface area contributed by atoms with Crippen LogP contribution >= 0.6 is 0 Å². The zero-order valence-corrected chi connectivity index (χ0v) is 16.8. The molecule has 5 nitrogen and oxygen atoms in total. The molecule has 1 amide bonds. The van der Waals surface area contributed by atoms with Crippen molar-refractivity contribution in [2.45, 2.75) is 46.3 Å². The molecule has 0 saturated carbocycles. The average Bonchev–Trinajstić information content (AvgIpc) is 3.23. The third kappa shape index (κ3) is 3.44. The molecule has 0 atom stereocenters. The van der Waals surface area contributed by atoms with Crippen molar-refractivity contribution in [1.29, 1.82) is 0 Å². The monoisotopic (exact) mass is 378 g/mol. The number of anilines is 1. The molecule has 0 radical (unpaired) electrons. The molecule has 2 aromatic carbocycles. The van der Waals surface area contributed by atoms with E-state index in [0.29, 0.717) is 13.2 Å². The number of carbonyl (C=O) groups excluding carboxylic acids is 1. The minimum Gasteiger partial charge on any atom is -0.487 e. The summed E-state index contributed by atoms with van der Waals surface area (Å²) in [6, 6.07) is 12.0. The summed E-state index contributed by atoms with van der Waals surface area (Å²) < 4.78 is 11.8. The Kier molecular flexibility index (Phi) is 4.53. The fourth-order valence-corrected chi connectivity index (χ4v) is 3.71. The van der Waals surface area contributed by atoms with Gasteiger partial charge in [-0.1, -0.05) is 30.3 Å². The van der Waals surface area contributed by atoms with E-state index in [1.54, 1.807) is 4.90 Å². The zero-order chi connectivity index (χ0) is 19.9. The molecule has 146 valence electrons. The highest BCUT2D eigenvalue weighted by molar-refractivity contribution is 6.01. The smallest absolute Gasteiger partial charge is 0.414 e. The van der Waals surface area contributed by atoms with Gasteiger partial charge in [-0.15, -0.1) is 0 Å². The van der Waals surface area contributed by atoms with Crippen molar-refractivity contribution < 1.29 is 14.3 Å². The molecular weight excluding hydrogens is 352 g/mol. The first kappa shape index (κ1) is 18.4. The van der Waals surface area contributed by atoms with Gasteiger partial charge in [0.2, 0.25) is 0 Å². The Balaban J connectivity index is 1.71. The molecular formula is C23H26N2O3. The van der Waals surface area contributed by atoms with Crippen molar-refractivity contribution in [3.63, 3.8) is 0 Å². The molecule has 0 bridgehead atoms. The van der Waals surface area contributed by atoms with Gasteiger partial charge in [-0.3, -0.25) is 4.90 Å². The van der Waals surface area contributed by atoms with Crippen LogP contribution in [0.25, 0.3) is 10.9 Å². The van der Waals surface area contributed by atoms with Gasteiger partial charge < -0.3 is 14.5 Å². The van der Waals surface area contributed by atoms with E-state index in [-0.39, 0.29) is 6.09 Å². The van der Waals surface area contributed by atoms with E-state index < -0.39 is 5.60 Å². The fraction of sp³-hybridized carbons (Fsp3) is 0.348. The number of rotatable bonds is 3. The summed E-state index contributed by atoms with van der Waals surface area (Å²) in [7, 11) is 0. The summed E-state index contributed by atoms with van der Waals surface area (Å²) in [5, 5.41) is 1.15. The topological polar surface area (TPSA) is 54.6 Å². The molecule has 1 N–H and O–H groups in total. The van der Waals surface area contributed by atoms with E-state index in [4.69, 9.17) is 9.47 Å². The molecule has 1 aromatic heterocycles. The SMILES string of the molecule is Cc1c[nH]c2c(OCc3ccccc3)cc3c(c12)CCN3C(=O)OC(C)(C)C. The van der Waals surface area contributed by atoms with Crippen molar-refractivity contribution in [3.8, 4) is 5.75 Å². The number of aromatic nitrogens is 1. The van der Waals surface area contributed by atoms with Gasteiger partial charge in [-0.2, -0.15) is 0 Å². The number of carbonyl (C=O) groups is 1. The van der Waals surface area contributed by atoms with Gasteiger partial charge in [0.05, 0.1) is 11.2 Å². The number of nitrogens with one attached hydrogen (secondary N) is 1. The predicted octanol–water partition coefficient (Wildman–Crippen LogP) is 5.35. The Morgan fingerprint density at radius 3 is 2.68 bits per heavy atom. The third-order valence-corrected chi connectivity index (χ3v) is 4.93. The van der Waals surface area contributed by atoms with Crippen LogP contribution in [-0.4, -0.2) is 23.2 Å². The van der Waals surface area contributed by atoms with Gasteiger partial charge in [-0.25, -0.2) is 4.79 Å². The van der Waals surface area contributed by atoms with Crippen molar-refractivity contribution in [2.75, 3.05) is 11.4 Å². The Hall–Kier alpha value is -2.95. The molecule has 0 aliphatic carbocycles. The summed E-state index contributed by atoms with van der Waals surface area (Å²) in [6.45, 7) is 8.82. The number of nitrogens with zero attached hydrogens (tertiary/aromatic N) is 1. The van der Waals surface area contributed by atoms with E-state index >= 15 is 0 Å². The predicted molar refractivity (Wildman–Crippen MR) is 111 cm³/mol. The highest BCUT2D eigenvalue weighted by Gasteiger charge is 2.32. The molecule has 1 aliphatic heterocycles. The highest BCUT2D eigenvalue weighted by Crippen LogP contribution is 2.41. The molecule has 0 saturated heterocycles. The molecule has 0 spiro atoms. The zero-order valence-electron chi connectivity index (χ0n) is 16.8. The molecule has 2 heterocycles. The van der Waals surface area contributed by atoms with Gasteiger partial charge >= 0.3 is 6.09 Å². The first-order valence-electron chi connectivity index (χ1n) is 9.64. The van der Waals surface area contributed by atoms with Crippen LogP contribution in [0.1, 0.15) is 37.5 Å². The maximum absolute atomic E-state index is 12.7. The third-order valence-electron chi connectivity index (χ3n) is 4.93. The lowest BCUT2D eigenvalue weighted by Crippen LogP contribution is -2.35. The van der Waals surface area contributed by atoms with Crippen LogP contribution < -0.4 is 9.64 Å². The van der Waals surface area contributed by atoms with Crippen LogP contribution in [0.2, 0.25) is 0 Å². The molecule has 28 heavy (non-hydrogen) atoms. The average molecular weight is 378 g/mol. The standard InChI is InChI=1S/C23H26N2O3/c1-15-13-24-21-19(27-14-16-8-6-5-7-9-16)12-18-17(20(15)21)10-11-25(18)22(26)28-23(2,3)4/h5-9,12-13,24H,10-11,14H2,1-4H3. The molecule has 0 fully saturated rings. The van der Waals surface area contributed by atoms with Crippen LogP contribution in [0, 0.1) is 6.92 Å².